The molecule has 0 aliphatic rings. The van der Waals surface area contributed by atoms with Gasteiger partial charge in [0.15, 0.2) is 5.65 Å². The van der Waals surface area contributed by atoms with E-state index in [2.05, 4.69) is 9.97 Å². The summed E-state index contributed by atoms with van der Waals surface area (Å²) in [5.74, 6) is 0. The minimum absolute atomic E-state index is 0.0559. The largest absolute Gasteiger partial charge is 0.389 e. The Morgan fingerprint density at radius 3 is 2.61 bits per heavy atom. The van der Waals surface area contributed by atoms with E-state index >= 15 is 0 Å². The molecule has 7 heteroatoms. The van der Waals surface area contributed by atoms with Crippen LogP contribution in [0.4, 0.5) is 0 Å². The standard InChI is InChI=1S/C11H16N4O3/c1-4-14-8-7(12-6-13-8)9(16)15(10(14)17)5-11(2,3)18/h6,18H,4-5H2,1-3H3,(H,12,13). The molecule has 7 nitrogen and oxygen atoms in total. The van der Waals surface area contributed by atoms with Gasteiger partial charge in [0.1, 0.15) is 5.52 Å². The van der Waals surface area contributed by atoms with Gasteiger partial charge in [-0.2, -0.15) is 0 Å². The molecule has 2 heterocycles. The maximum atomic E-state index is 12.2. The number of hydrogen-bond acceptors (Lipinski definition) is 4. The summed E-state index contributed by atoms with van der Waals surface area (Å²) in [6, 6.07) is 0. The molecule has 98 valence electrons. The highest BCUT2D eigenvalue weighted by molar-refractivity contribution is 5.68. The van der Waals surface area contributed by atoms with E-state index in [-0.39, 0.29) is 12.1 Å². The number of rotatable bonds is 3. The van der Waals surface area contributed by atoms with E-state index in [9.17, 15) is 14.7 Å². The molecule has 0 saturated carbocycles. The molecule has 2 aromatic heterocycles. The number of H-pyrrole nitrogens is 1. The Morgan fingerprint density at radius 1 is 1.39 bits per heavy atom. The van der Waals surface area contributed by atoms with Crippen LogP contribution in [0.1, 0.15) is 20.8 Å². The lowest BCUT2D eigenvalue weighted by Crippen LogP contribution is -2.44. The fraction of sp³-hybridized carbons (Fsp3) is 0.545. The number of imidazole rings is 1. The van der Waals surface area contributed by atoms with Gasteiger partial charge < -0.3 is 10.1 Å². The highest BCUT2D eigenvalue weighted by Gasteiger charge is 2.20. The lowest BCUT2D eigenvalue weighted by atomic mass is 10.1. The van der Waals surface area contributed by atoms with Crippen LogP contribution < -0.4 is 11.2 Å². The Labute approximate surface area is 103 Å². The van der Waals surface area contributed by atoms with Crippen molar-refractivity contribution < 1.29 is 5.11 Å². The normalized spacial score (nSPS) is 12.2. The van der Waals surface area contributed by atoms with Crippen molar-refractivity contribution in [3.63, 3.8) is 0 Å². The summed E-state index contributed by atoms with van der Waals surface area (Å²) >= 11 is 0. The van der Waals surface area contributed by atoms with Crippen LogP contribution in [0.15, 0.2) is 15.9 Å². The summed E-state index contributed by atoms with van der Waals surface area (Å²) in [4.78, 5) is 31.0. The summed E-state index contributed by atoms with van der Waals surface area (Å²) in [6.07, 6.45) is 1.38. The van der Waals surface area contributed by atoms with Crippen LogP contribution >= 0.6 is 0 Å². The Hall–Kier alpha value is -1.89. The molecule has 0 aliphatic heterocycles. The zero-order chi connectivity index (χ0) is 13.5. The molecule has 0 aliphatic carbocycles. The molecule has 2 aromatic rings. The van der Waals surface area contributed by atoms with Gasteiger partial charge in [-0.3, -0.25) is 13.9 Å². The third kappa shape index (κ3) is 1.97. The summed E-state index contributed by atoms with van der Waals surface area (Å²) in [7, 11) is 0. The highest BCUT2D eigenvalue weighted by Crippen LogP contribution is 2.05. The first-order valence-corrected chi connectivity index (χ1v) is 5.74. The molecule has 2 N–H and O–H groups in total. The van der Waals surface area contributed by atoms with E-state index in [1.807, 2.05) is 0 Å². The number of aromatic nitrogens is 4. The molecule has 18 heavy (non-hydrogen) atoms. The molecular weight excluding hydrogens is 236 g/mol. The monoisotopic (exact) mass is 252 g/mol. The topological polar surface area (TPSA) is 92.9 Å². The minimum atomic E-state index is -1.14. The number of nitrogens with one attached hydrogen (secondary N) is 1. The highest BCUT2D eigenvalue weighted by atomic mass is 16.3. The summed E-state index contributed by atoms with van der Waals surface area (Å²) in [5.41, 5.74) is -1.42. The van der Waals surface area contributed by atoms with Crippen molar-refractivity contribution in [1.82, 2.24) is 19.1 Å². The molecule has 0 amide bonds. The van der Waals surface area contributed by atoms with E-state index < -0.39 is 16.9 Å². The van der Waals surface area contributed by atoms with Gasteiger partial charge in [0, 0.05) is 6.54 Å². The van der Waals surface area contributed by atoms with Gasteiger partial charge in [-0.15, -0.1) is 0 Å². The van der Waals surface area contributed by atoms with Crippen LogP contribution in [0.25, 0.3) is 11.2 Å². The molecule has 0 unspecified atom stereocenters. The molecule has 0 saturated heterocycles. The van der Waals surface area contributed by atoms with Gasteiger partial charge >= 0.3 is 5.69 Å². The molecule has 0 aromatic carbocycles. The Kier molecular flexibility index (Phi) is 2.86. The molecular formula is C11H16N4O3. The average Bonchev–Trinajstić information content (AvgIpc) is 2.72. The number of nitrogens with zero attached hydrogens (tertiary/aromatic N) is 3. The Morgan fingerprint density at radius 2 is 2.06 bits per heavy atom. The summed E-state index contributed by atoms with van der Waals surface area (Å²) in [6.45, 7) is 5.25. The maximum Gasteiger partial charge on any atom is 0.332 e. The van der Waals surface area contributed by atoms with Gasteiger partial charge in [0.25, 0.3) is 5.56 Å². The fourth-order valence-corrected chi connectivity index (χ4v) is 1.92. The van der Waals surface area contributed by atoms with Gasteiger partial charge in [0.05, 0.1) is 18.5 Å². The molecule has 0 fully saturated rings. The van der Waals surface area contributed by atoms with Gasteiger partial charge in [-0.25, -0.2) is 9.78 Å². The van der Waals surface area contributed by atoms with Crippen molar-refractivity contribution in [1.29, 1.82) is 0 Å². The number of hydrogen-bond donors (Lipinski definition) is 2. The van der Waals surface area contributed by atoms with E-state index in [4.69, 9.17) is 0 Å². The third-order valence-corrected chi connectivity index (χ3v) is 2.66. The maximum absolute atomic E-state index is 12.2. The zero-order valence-corrected chi connectivity index (χ0v) is 10.6. The van der Waals surface area contributed by atoms with Gasteiger partial charge in [0.2, 0.25) is 0 Å². The van der Waals surface area contributed by atoms with E-state index in [1.54, 1.807) is 20.8 Å². The fourth-order valence-electron chi connectivity index (χ4n) is 1.92. The summed E-state index contributed by atoms with van der Waals surface area (Å²) in [5, 5.41) is 9.77. The van der Waals surface area contributed by atoms with E-state index in [0.717, 1.165) is 4.57 Å². The van der Waals surface area contributed by atoms with Crippen molar-refractivity contribution in [2.45, 2.75) is 39.5 Å². The first kappa shape index (κ1) is 12.6. The van der Waals surface area contributed by atoms with Crippen molar-refractivity contribution in [3.8, 4) is 0 Å². The van der Waals surface area contributed by atoms with Gasteiger partial charge in [-0.05, 0) is 20.8 Å². The second-order valence-corrected chi connectivity index (χ2v) is 4.83. The first-order valence-electron chi connectivity index (χ1n) is 5.74. The smallest absolute Gasteiger partial charge is 0.332 e. The van der Waals surface area contributed by atoms with Crippen LogP contribution in [-0.4, -0.2) is 29.8 Å². The number of fused-ring (bicyclic) bond motifs is 1. The zero-order valence-electron chi connectivity index (χ0n) is 10.6. The van der Waals surface area contributed by atoms with Crippen molar-refractivity contribution in [2.24, 2.45) is 0 Å². The van der Waals surface area contributed by atoms with E-state index in [0.29, 0.717) is 12.2 Å². The molecule has 2 rings (SSSR count). The molecule has 0 spiro atoms. The predicted molar refractivity (Wildman–Crippen MR) is 66.6 cm³/mol. The van der Waals surface area contributed by atoms with E-state index in [1.165, 1.54) is 10.9 Å². The molecule has 0 radical (unpaired) electrons. The lowest BCUT2D eigenvalue weighted by molar-refractivity contribution is 0.0588. The van der Waals surface area contributed by atoms with Crippen LogP contribution in [-0.2, 0) is 13.1 Å². The van der Waals surface area contributed by atoms with Crippen LogP contribution in [0.2, 0.25) is 0 Å². The summed E-state index contributed by atoms with van der Waals surface area (Å²) < 4.78 is 2.43. The van der Waals surface area contributed by atoms with Crippen molar-refractivity contribution in [3.05, 3.63) is 27.2 Å². The molecule has 0 bridgehead atoms. The number of aryl methyl sites for hydroxylation is 1. The van der Waals surface area contributed by atoms with Crippen LogP contribution in [0.3, 0.4) is 0 Å². The predicted octanol–water partition coefficient (Wildman–Crippen LogP) is -0.323. The number of aliphatic hydroxyl groups is 1. The van der Waals surface area contributed by atoms with Crippen molar-refractivity contribution in [2.75, 3.05) is 0 Å². The Balaban J connectivity index is 2.81. The third-order valence-electron chi connectivity index (χ3n) is 2.66. The number of aromatic amines is 1. The second-order valence-electron chi connectivity index (χ2n) is 4.83. The Bertz CT molecular complexity index is 687. The lowest BCUT2D eigenvalue weighted by Gasteiger charge is -2.18. The second kappa shape index (κ2) is 4.09. The van der Waals surface area contributed by atoms with Crippen LogP contribution in [0, 0.1) is 0 Å². The average molecular weight is 252 g/mol. The first-order chi connectivity index (χ1) is 8.35. The minimum Gasteiger partial charge on any atom is -0.389 e. The van der Waals surface area contributed by atoms with Gasteiger partial charge in [-0.1, -0.05) is 0 Å². The van der Waals surface area contributed by atoms with Crippen LogP contribution in [0.5, 0.6) is 0 Å². The molecule has 0 atom stereocenters. The SMILES string of the molecule is CCn1c(=O)n(CC(C)(C)O)c(=O)c2[nH]cnc21. The van der Waals surface area contributed by atoms with Crippen molar-refractivity contribution >= 4 is 11.2 Å². The quantitative estimate of drug-likeness (QED) is 0.782.